The zero-order chi connectivity index (χ0) is 7.26. The van der Waals surface area contributed by atoms with Crippen molar-refractivity contribution in [3.05, 3.63) is 29.8 Å². The molecule has 0 amide bonds. The van der Waals surface area contributed by atoms with Crippen LogP contribution in [0.1, 0.15) is 17.9 Å². The minimum absolute atomic E-state index is 0.896. The molecule has 1 aliphatic carbocycles. The third-order valence-corrected chi connectivity index (χ3v) is 2.84. The molecule has 3 rings (SSSR count). The molecule has 2 atom stereocenters. The average Bonchev–Trinajstić information content (AvgIpc) is 2.83. The van der Waals surface area contributed by atoms with Gasteiger partial charge in [0.15, 0.2) is 0 Å². The highest BCUT2D eigenvalue weighted by molar-refractivity contribution is 5.57. The van der Waals surface area contributed by atoms with Gasteiger partial charge in [0.2, 0.25) is 0 Å². The molecular weight excluding hydrogens is 134 g/mol. The zero-order valence-corrected chi connectivity index (χ0v) is 6.38. The van der Waals surface area contributed by atoms with Crippen LogP contribution in [0.5, 0.6) is 0 Å². The van der Waals surface area contributed by atoms with Gasteiger partial charge in [0.25, 0.3) is 0 Å². The SMILES string of the molecule is c1ccc2c(c1)NC[C@H]1C[C@H]21. The second-order valence-corrected chi connectivity index (χ2v) is 3.57. The van der Waals surface area contributed by atoms with E-state index >= 15 is 0 Å². The highest BCUT2D eigenvalue weighted by atomic mass is 14.9. The molecule has 1 aromatic carbocycles. The number of hydrogen-bond donors (Lipinski definition) is 1. The number of rotatable bonds is 0. The molecule has 1 aromatic rings. The fourth-order valence-electron chi connectivity index (χ4n) is 2.08. The summed E-state index contributed by atoms with van der Waals surface area (Å²) in [4.78, 5) is 0. The smallest absolute Gasteiger partial charge is 0.0375 e. The van der Waals surface area contributed by atoms with Gasteiger partial charge < -0.3 is 5.32 Å². The van der Waals surface area contributed by atoms with Crippen molar-refractivity contribution in [1.29, 1.82) is 0 Å². The molecule has 1 nitrogen and oxygen atoms in total. The fourth-order valence-corrected chi connectivity index (χ4v) is 2.08. The summed E-state index contributed by atoms with van der Waals surface area (Å²) in [7, 11) is 0. The van der Waals surface area contributed by atoms with Gasteiger partial charge in [-0.1, -0.05) is 18.2 Å². The third kappa shape index (κ3) is 0.710. The van der Waals surface area contributed by atoms with Gasteiger partial charge in [-0.25, -0.2) is 0 Å². The van der Waals surface area contributed by atoms with Crippen molar-refractivity contribution in [1.82, 2.24) is 0 Å². The van der Waals surface area contributed by atoms with E-state index in [-0.39, 0.29) is 0 Å². The summed E-state index contributed by atoms with van der Waals surface area (Å²) in [6, 6.07) is 8.69. The highest BCUT2D eigenvalue weighted by Gasteiger charge is 2.41. The van der Waals surface area contributed by atoms with Crippen molar-refractivity contribution in [2.75, 3.05) is 11.9 Å². The van der Waals surface area contributed by atoms with E-state index in [1.165, 1.54) is 18.7 Å². The van der Waals surface area contributed by atoms with Crippen molar-refractivity contribution < 1.29 is 0 Å². The van der Waals surface area contributed by atoms with Crippen LogP contribution in [0.2, 0.25) is 0 Å². The summed E-state index contributed by atoms with van der Waals surface area (Å²) in [6.45, 7) is 1.20. The van der Waals surface area contributed by atoms with Crippen LogP contribution < -0.4 is 5.32 Å². The van der Waals surface area contributed by atoms with Crippen molar-refractivity contribution >= 4 is 5.69 Å². The number of nitrogens with one attached hydrogen (secondary N) is 1. The number of para-hydroxylation sites is 1. The van der Waals surface area contributed by atoms with Crippen LogP contribution in [-0.4, -0.2) is 6.54 Å². The normalized spacial score (nSPS) is 31.6. The lowest BCUT2D eigenvalue weighted by Gasteiger charge is -2.16. The Labute approximate surface area is 66.4 Å². The lowest BCUT2D eigenvalue weighted by Crippen LogP contribution is -2.11. The molecule has 1 saturated carbocycles. The zero-order valence-electron chi connectivity index (χ0n) is 6.38. The Balaban J connectivity index is 2.14. The van der Waals surface area contributed by atoms with Gasteiger partial charge in [-0.2, -0.15) is 0 Å². The minimum atomic E-state index is 0.896. The minimum Gasteiger partial charge on any atom is -0.385 e. The Morgan fingerprint density at radius 3 is 3.18 bits per heavy atom. The number of anilines is 1. The van der Waals surface area contributed by atoms with Gasteiger partial charge in [0.1, 0.15) is 0 Å². The molecule has 0 unspecified atom stereocenters. The average molecular weight is 145 g/mol. The van der Waals surface area contributed by atoms with Crippen molar-refractivity contribution in [3.63, 3.8) is 0 Å². The number of fused-ring (bicyclic) bond motifs is 3. The van der Waals surface area contributed by atoms with E-state index < -0.39 is 0 Å². The van der Waals surface area contributed by atoms with E-state index in [1.807, 2.05) is 0 Å². The summed E-state index contributed by atoms with van der Waals surface area (Å²) >= 11 is 0. The van der Waals surface area contributed by atoms with Gasteiger partial charge in [-0.05, 0) is 29.9 Å². The predicted octanol–water partition coefficient (Wildman–Crippen LogP) is 2.22. The first-order valence-corrected chi connectivity index (χ1v) is 4.28. The van der Waals surface area contributed by atoms with E-state index in [0.717, 1.165) is 11.8 Å². The van der Waals surface area contributed by atoms with Gasteiger partial charge in [0, 0.05) is 12.2 Å². The topological polar surface area (TPSA) is 12.0 Å². The summed E-state index contributed by atoms with van der Waals surface area (Å²) < 4.78 is 0. The first-order valence-electron chi connectivity index (χ1n) is 4.28. The molecule has 1 heteroatoms. The largest absolute Gasteiger partial charge is 0.385 e. The summed E-state index contributed by atoms with van der Waals surface area (Å²) in [5.41, 5.74) is 2.91. The van der Waals surface area contributed by atoms with Crippen LogP contribution >= 0.6 is 0 Å². The maximum absolute atomic E-state index is 3.45. The van der Waals surface area contributed by atoms with Crippen molar-refractivity contribution in [2.45, 2.75) is 12.3 Å². The summed E-state index contributed by atoms with van der Waals surface area (Å²) in [5.74, 6) is 1.84. The van der Waals surface area contributed by atoms with E-state index in [1.54, 1.807) is 5.56 Å². The Morgan fingerprint density at radius 1 is 1.27 bits per heavy atom. The lowest BCUT2D eigenvalue weighted by atomic mass is 10.0. The first kappa shape index (κ1) is 5.64. The molecule has 0 spiro atoms. The summed E-state index contributed by atoms with van der Waals surface area (Å²) in [5, 5.41) is 3.45. The third-order valence-electron chi connectivity index (χ3n) is 2.84. The van der Waals surface area contributed by atoms with Crippen LogP contribution in [0.25, 0.3) is 0 Å². The maximum atomic E-state index is 3.45. The van der Waals surface area contributed by atoms with E-state index in [9.17, 15) is 0 Å². The van der Waals surface area contributed by atoms with Crippen LogP contribution in [0, 0.1) is 5.92 Å². The van der Waals surface area contributed by atoms with Crippen LogP contribution in [-0.2, 0) is 0 Å². The molecule has 1 aliphatic heterocycles. The van der Waals surface area contributed by atoms with E-state index in [2.05, 4.69) is 29.6 Å². The molecule has 56 valence electrons. The lowest BCUT2D eigenvalue weighted by molar-refractivity contribution is 0.817. The molecule has 0 radical (unpaired) electrons. The van der Waals surface area contributed by atoms with E-state index in [0.29, 0.717) is 0 Å². The highest BCUT2D eigenvalue weighted by Crippen LogP contribution is 2.52. The predicted molar refractivity (Wildman–Crippen MR) is 45.8 cm³/mol. The Bertz CT molecular complexity index is 293. The van der Waals surface area contributed by atoms with Gasteiger partial charge in [-0.15, -0.1) is 0 Å². The second-order valence-electron chi connectivity index (χ2n) is 3.57. The quantitative estimate of drug-likeness (QED) is 0.590. The second kappa shape index (κ2) is 1.79. The van der Waals surface area contributed by atoms with Crippen molar-refractivity contribution in [2.24, 2.45) is 5.92 Å². The molecule has 1 fully saturated rings. The Morgan fingerprint density at radius 2 is 2.18 bits per heavy atom. The first-order chi connectivity index (χ1) is 5.45. The maximum Gasteiger partial charge on any atom is 0.0375 e. The molecular formula is C10H11N. The molecule has 11 heavy (non-hydrogen) atoms. The Hall–Kier alpha value is -0.980. The molecule has 0 saturated heterocycles. The van der Waals surface area contributed by atoms with Crippen LogP contribution in [0.3, 0.4) is 0 Å². The van der Waals surface area contributed by atoms with E-state index in [4.69, 9.17) is 0 Å². The standard InChI is InChI=1S/C10H11N/c1-2-4-10-8(3-1)9-5-7(9)6-11-10/h1-4,7,9,11H,5-6H2/t7-,9+/m1/s1. The summed E-state index contributed by atoms with van der Waals surface area (Å²) in [6.07, 6.45) is 1.41. The fraction of sp³-hybridized carbons (Fsp3) is 0.400. The van der Waals surface area contributed by atoms with Gasteiger partial charge >= 0.3 is 0 Å². The molecule has 0 bridgehead atoms. The molecule has 2 aliphatic rings. The monoisotopic (exact) mass is 145 g/mol. The Kier molecular flexibility index (Phi) is 0.916. The molecule has 1 N–H and O–H groups in total. The molecule has 1 heterocycles. The van der Waals surface area contributed by atoms with Crippen molar-refractivity contribution in [3.8, 4) is 0 Å². The molecule has 0 aromatic heterocycles. The van der Waals surface area contributed by atoms with Crippen LogP contribution in [0.15, 0.2) is 24.3 Å². The number of benzene rings is 1. The van der Waals surface area contributed by atoms with Gasteiger partial charge in [-0.3, -0.25) is 0 Å². The van der Waals surface area contributed by atoms with Gasteiger partial charge in [0.05, 0.1) is 0 Å². The van der Waals surface area contributed by atoms with Crippen LogP contribution in [0.4, 0.5) is 5.69 Å². The number of hydrogen-bond acceptors (Lipinski definition) is 1.